The minimum atomic E-state index is -1.99. The molecule has 0 aromatic rings. The molecule has 1 heterocycles. The minimum Gasteiger partial charge on any atom is -0.545 e. The van der Waals surface area contributed by atoms with E-state index in [1.54, 1.807) is 7.05 Å². The molecule has 3 bridgehead atoms. The maximum atomic E-state index is 14.1. The van der Waals surface area contributed by atoms with E-state index in [9.17, 15) is 24.9 Å². The normalized spacial score (nSPS) is 43.2. The van der Waals surface area contributed by atoms with Crippen molar-refractivity contribution in [2.45, 2.75) is 82.7 Å². The van der Waals surface area contributed by atoms with E-state index in [0.717, 1.165) is 81.3 Å². The summed E-state index contributed by atoms with van der Waals surface area (Å²) in [6, 6.07) is 0. The third kappa shape index (κ3) is 3.68. The smallest absolute Gasteiger partial charge is 0.293 e. The van der Waals surface area contributed by atoms with Crippen molar-refractivity contribution in [2.24, 2.45) is 44.7 Å². The van der Waals surface area contributed by atoms with E-state index < -0.39 is 17.0 Å². The number of allylic oxidation sites excluding steroid dienone is 1. The first-order chi connectivity index (χ1) is 18.7. The van der Waals surface area contributed by atoms with Crippen LogP contribution in [0.3, 0.4) is 0 Å². The second kappa shape index (κ2) is 9.64. The van der Waals surface area contributed by atoms with Crippen LogP contribution in [0.25, 0.3) is 0 Å². The number of ketones is 1. The molecule has 1 aliphatic heterocycles. The predicted octanol–water partition coefficient (Wildman–Crippen LogP) is -0.685. The van der Waals surface area contributed by atoms with Gasteiger partial charge in [0.15, 0.2) is 11.4 Å². The highest BCUT2D eigenvalue weighted by atomic mass is 16.4. The molecule has 3 spiro atoms. The molecule has 0 radical (unpaired) electrons. The number of Topliss-reactive ketones (excluding diaryl/α,β-unsaturated/α-hetero) is 1. The molecule has 9 nitrogen and oxygen atoms in total. The fraction of sp³-hybridized carbons (Fsp3) is 0.833. The monoisotopic (exact) mass is 542 g/mol. The number of aliphatic imine (C=N–C) groups is 1. The first-order valence-corrected chi connectivity index (χ1v) is 15.3. The Kier molecular flexibility index (Phi) is 6.76. The van der Waals surface area contributed by atoms with Crippen molar-refractivity contribution in [3.8, 4) is 0 Å². The molecule has 9 heteroatoms. The summed E-state index contributed by atoms with van der Waals surface area (Å²) in [5.41, 5.74) is 4.15. The molecule has 216 valence electrons. The van der Waals surface area contributed by atoms with Crippen LogP contribution in [0.1, 0.15) is 77.0 Å². The highest BCUT2D eigenvalue weighted by Crippen LogP contribution is 2.78. The first kappa shape index (κ1) is 27.4. The van der Waals surface area contributed by atoms with E-state index >= 15 is 0 Å². The largest absolute Gasteiger partial charge is 0.545 e. The molecule has 0 amide bonds. The second-order valence-electron chi connectivity index (χ2n) is 13.8. The van der Waals surface area contributed by atoms with Crippen LogP contribution in [0, 0.1) is 34.0 Å². The third-order valence-electron chi connectivity index (χ3n) is 12.6. The Morgan fingerprint density at radius 3 is 2.62 bits per heavy atom. The van der Waals surface area contributed by atoms with Gasteiger partial charge in [0.25, 0.3) is 5.96 Å². The molecule has 6 N–H and O–H groups in total. The van der Waals surface area contributed by atoms with Crippen molar-refractivity contribution in [1.82, 2.24) is 5.32 Å². The highest BCUT2D eigenvalue weighted by molar-refractivity contribution is 6.03. The molecular weight excluding hydrogens is 496 g/mol. The number of guanidine groups is 1. The first-order valence-electron chi connectivity index (χ1n) is 15.3. The van der Waals surface area contributed by atoms with Crippen LogP contribution < -0.4 is 21.1 Å². The summed E-state index contributed by atoms with van der Waals surface area (Å²) in [5, 5.41) is 38.2. The average molecular weight is 543 g/mol. The van der Waals surface area contributed by atoms with Crippen LogP contribution in [0.5, 0.6) is 0 Å². The van der Waals surface area contributed by atoms with Gasteiger partial charge in [-0.15, -0.1) is 0 Å². The van der Waals surface area contributed by atoms with Gasteiger partial charge in [-0.2, -0.15) is 0 Å². The molecule has 7 unspecified atom stereocenters. The number of aliphatic hydroxyl groups excluding tert-OH is 1. The van der Waals surface area contributed by atoms with Crippen molar-refractivity contribution in [3.05, 3.63) is 11.1 Å². The zero-order valence-electron chi connectivity index (χ0n) is 23.4. The van der Waals surface area contributed by atoms with E-state index in [1.807, 2.05) is 0 Å². The molecule has 0 aromatic heterocycles. The van der Waals surface area contributed by atoms with Crippen molar-refractivity contribution in [3.63, 3.8) is 0 Å². The van der Waals surface area contributed by atoms with Crippen LogP contribution in [0.4, 0.5) is 0 Å². The van der Waals surface area contributed by atoms with Gasteiger partial charge in [-0.25, -0.2) is 4.99 Å². The lowest BCUT2D eigenvalue weighted by atomic mass is 9.44. The summed E-state index contributed by atoms with van der Waals surface area (Å²) in [5.74, 6) is -0.438. The van der Waals surface area contributed by atoms with Crippen molar-refractivity contribution in [1.29, 1.82) is 0 Å². The van der Waals surface area contributed by atoms with Gasteiger partial charge in [-0.3, -0.25) is 9.69 Å². The number of carboxylic acids is 1. The molecule has 6 aliphatic rings. The Morgan fingerprint density at radius 2 is 1.92 bits per heavy atom. The van der Waals surface area contributed by atoms with Gasteiger partial charge in [-0.05, 0) is 81.1 Å². The number of hydrogen-bond acceptors (Lipinski definition) is 7. The topological polar surface area (TPSA) is 153 Å². The fourth-order valence-electron chi connectivity index (χ4n) is 11.1. The summed E-state index contributed by atoms with van der Waals surface area (Å²) in [6.07, 6.45) is 10.0. The Morgan fingerprint density at radius 1 is 1.18 bits per heavy atom. The van der Waals surface area contributed by atoms with Crippen LogP contribution in [-0.4, -0.2) is 73.4 Å². The van der Waals surface area contributed by atoms with Crippen molar-refractivity contribution >= 4 is 17.7 Å². The number of nitrogens with one attached hydrogen (secondary N) is 2. The van der Waals surface area contributed by atoms with E-state index in [1.165, 1.54) is 0 Å². The number of likely N-dealkylation sites (tertiary alicyclic amines) is 1. The summed E-state index contributed by atoms with van der Waals surface area (Å²) >= 11 is 0. The molecule has 5 aliphatic carbocycles. The Balaban J connectivity index is 1.55. The van der Waals surface area contributed by atoms with E-state index in [-0.39, 0.29) is 59.4 Å². The Bertz CT molecular complexity index is 1100. The van der Waals surface area contributed by atoms with Crippen LogP contribution >= 0.6 is 0 Å². The number of nitrogens with zero attached hydrogens (tertiary/aromatic N) is 1. The number of aliphatic hydroxyl groups is 2. The van der Waals surface area contributed by atoms with Gasteiger partial charge in [0, 0.05) is 42.8 Å². The maximum absolute atomic E-state index is 14.1. The minimum absolute atomic E-state index is 0.0556. The summed E-state index contributed by atoms with van der Waals surface area (Å²) < 4.78 is 0. The lowest BCUT2D eigenvalue weighted by Crippen LogP contribution is -3.19. The van der Waals surface area contributed by atoms with Crippen LogP contribution in [0.15, 0.2) is 16.1 Å². The van der Waals surface area contributed by atoms with Crippen molar-refractivity contribution < 1.29 is 29.8 Å². The van der Waals surface area contributed by atoms with Gasteiger partial charge >= 0.3 is 0 Å². The van der Waals surface area contributed by atoms with Gasteiger partial charge in [-0.1, -0.05) is 18.4 Å². The van der Waals surface area contributed by atoms with E-state index in [2.05, 4.69) is 10.3 Å². The molecule has 1 saturated heterocycles. The number of aliphatic carboxylic acids is 1. The van der Waals surface area contributed by atoms with Crippen molar-refractivity contribution in [2.75, 3.05) is 39.8 Å². The van der Waals surface area contributed by atoms with E-state index in [4.69, 9.17) is 5.73 Å². The Hall–Kier alpha value is -1.81. The number of carbonyl (C=O) groups is 2. The fourth-order valence-corrected chi connectivity index (χ4v) is 11.1. The van der Waals surface area contributed by atoms with Crippen LogP contribution in [0.2, 0.25) is 0 Å². The summed E-state index contributed by atoms with van der Waals surface area (Å²) in [6.45, 7) is 2.83. The zero-order chi connectivity index (χ0) is 27.6. The number of carboxylic acid groups (broad SMARTS) is 1. The number of carbonyl (C=O) groups excluding carboxylic acids is 2. The lowest BCUT2D eigenvalue weighted by molar-refractivity contribution is -0.828. The predicted molar refractivity (Wildman–Crippen MR) is 143 cm³/mol. The quantitative estimate of drug-likeness (QED) is 0.175. The molecule has 0 aromatic carbocycles. The second-order valence-corrected chi connectivity index (χ2v) is 13.8. The number of rotatable bonds is 5. The maximum Gasteiger partial charge on any atom is 0.293 e. The SMILES string of the molecule is CN=C(N)[NH+]1CCC(CNCCO)C2(C1)C1CCC3CCC4(CCCC4)CC(=O)C4(O)CC32C(=C4C(=O)[O-])C1. The highest BCUT2D eigenvalue weighted by Gasteiger charge is 2.77. The standard InChI is InChI=1S/C30H46N4O5/c1-32-26(31)34-12-7-21(16-33-11-13-35)29(18-34)20-5-4-19-6-10-27(8-2-3-9-27)15-23(36)30(39)17-28(19,29)22(14-20)24(30)25(37)38/h19-21,33,35,39H,2-18H2,1H3,(H2,31,32)(H,37,38). The molecule has 7 atom stereocenters. The third-order valence-corrected chi connectivity index (χ3v) is 12.6. The summed E-state index contributed by atoms with van der Waals surface area (Å²) in [7, 11) is 1.72. The van der Waals surface area contributed by atoms with E-state index in [0.29, 0.717) is 25.5 Å². The van der Waals surface area contributed by atoms with Gasteiger partial charge in [0.2, 0.25) is 0 Å². The molecular formula is C30H46N4O5. The Labute approximate surface area is 231 Å². The van der Waals surface area contributed by atoms with Gasteiger partial charge in [0.1, 0.15) is 0 Å². The molecule has 39 heavy (non-hydrogen) atoms. The summed E-state index contributed by atoms with van der Waals surface area (Å²) in [4.78, 5) is 32.5. The number of piperidine rings is 1. The number of quaternary nitrogens is 1. The van der Waals surface area contributed by atoms with Gasteiger partial charge < -0.3 is 31.2 Å². The number of nitrogens with two attached hydrogens (primary N) is 1. The molecule has 4 saturated carbocycles. The molecule has 5 fully saturated rings. The average Bonchev–Trinajstić information content (AvgIpc) is 3.52. The molecule has 6 rings (SSSR count). The zero-order valence-corrected chi connectivity index (χ0v) is 23.4. The lowest BCUT2D eigenvalue weighted by Gasteiger charge is -2.61. The number of fused-ring (bicyclic) bond motifs is 1. The van der Waals surface area contributed by atoms with Gasteiger partial charge in [0.05, 0.1) is 25.7 Å². The number of hydrogen-bond donors (Lipinski definition) is 5. The van der Waals surface area contributed by atoms with Crippen LogP contribution in [-0.2, 0) is 9.59 Å².